The minimum atomic E-state index is -3.56. The summed E-state index contributed by atoms with van der Waals surface area (Å²) in [5.74, 6) is 0.582. The quantitative estimate of drug-likeness (QED) is 0.551. The molecule has 0 bridgehead atoms. The van der Waals surface area contributed by atoms with Gasteiger partial charge in [0, 0.05) is 30.8 Å². The van der Waals surface area contributed by atoms with E-state index in [1.165, 1.54) is 6.20 Å². The van der Waals surface area contributed by atoms with Crippen molar-refractivity contribution in [3.05, 3.63) is 36.2 Å². The van der Waals surface area contributed by atoms with Gasteiger partial charge in [0.25, 0.3) is 0 Å². The molecular formula is C13H21N5O2S. The summed E-state index contributed by atoms with van der Waals surface area (Å²) in [6.07, 6.45) is 5.79. The lowest BCUT2D eigenvalue weighted by atomic mass is 10.3. The van der Waals surface area contributed by atoms with Crippen LogP contribution in [-0.2, 0) is 16.6 Å². The predicted octanol–water partition coefficient (Wildman–Crippen LogP) is 1.28. The van der Waals surface area contributed by atoms with Crippen LogP contribution in [0.4, 0.5) is 0 Å². The van der Waals surface area contributed by atoms with Crippen molar-refractivity contribution in [2.75, 3.05) is 6.54 Å². The van der Waals surface area contributed by atoms with Crippen LogP contribution in [0.1, 0.15) is 37.8 Å². The number of aromatic nitrogens is 3. The van der Waals surface area contributed by atoms with E-state index in [1.807, 2.05) is 0 Å². The lowest BCUT2D eigenvalue weighted by Gasteiger charge is -2.10. The van der Waals surface area contributed by atoms with E-state index >= 15 is 0 Å². The smallest absolute Gasteiger partial charge is 0.242 e. The second kappa shape index (κ2) is 6.88. The average Bonchev–Trinajstić information content (AvgIpc) is 3.10. The maximum absolute atomic E-state index is 12.3. The molecule has 2 aromatic heterocycles. The van der Waals surface area contributed by atoms with Crippen molar-refractivity contribution < 1.29 is 8.42 Å². The molecule has 0 spiro atoms. The number of sulfonamides is 1. The van der Waals surface area contributed by atoms with Crippen molar-refractivity contribution in [3.63, 3.8) is 0 Å². The van der Waals surface area contributed by atoms with Gasteiger partial charge >= 0.3 is 0 Å². The van der Waals surface area contributed by atoms with Crippen molar-refractivity contribution >= 4 is 10.0 Å². The Morgan fingerprint density at radius 1 is 1.38 bits per heavy atom. The first-order valence-corrected chi connectivity index (χ1v) is 8.41. The van der Waals surface area contributed by atoms with Gasteiger partial charge in [-0.2, -0.15) is 0 Å². The predicted molar refractivity (Wildman–Crippen MR) is 80.1 cm³/mol. The Morgan fingerprint density at radius 3 is 2.86 bits per heavy atom. The highest BCUT2D eigenvalue weighted by molar-refractivity contribution is 7.89. The molecule has 0 saturated heterocycles. The molecule has 0 saturated carbocycles. The molecule has 0 fully saturated rings. The van der Waals surface area contributed by atoms with E-state index in [0.29, 0.717) is 12.4 Å². The fourth-order valence-electron chi connectivity index (χ4n) is 1.95. The van der Waals surface area contributed by atoms with Gasteiger partial charge in [0.2, 0.25) is 10.0 Å². The van der Waals surface area contributed by atoms with Crippen molar-refractivity contribution in [3.8, 4) is 0 Å². The highest BCUT2D eigenvalue weighted by Gasteiger charge is 2.20. The monoisotopic (exact) mass is 311 g/mol. The summed E-state index contributed by atoms with van der Waals surface area (Å²) in [6.45, 7) is 5.34. The summed E-state index contributed by atoms with van der Waals surface area (Å²) in [5, 5.41) is 3.22. The zero-order chi connectivity index (χ0) is 15.3. The molecule has 0 aliphatic rings. The second-order valence-electron chi connectivity index (χ2n) is 4.85. The standard InChI is InChI=1S/C13H21N5O2S/c1-3-4-14-8-11-7-12(9-17-11)21(19,20)18-10(2)13-15-5-6-16-13/h5-7,9-10,14,17-18H,3-4,8H2,1-2H3,(H,15,16). The Hall–Kier alpha value is -1.64. The molecule has 4 N–H and O–H groups in total. The molecule has 0 amide bonds. The number of nitrogens with zero attached hydrogens (tertiary/aromatic N) is 1. The molecule has 0 aliphatic heterocycles. The molecule has 1 unspecified atom stereocenters. The molecule has 0 aromatic carbocycles. The molecular weight excluding hydrogens is 290 g/mol. The molecule has 2 rings (SSSR count). The van der Waals surface area contributed by atoms with Crippen LogP contribution in [0.3, 0.4) is 0 Å². The van der Waals surface area contributed by atoms with Crippen LogP contribution < -0.4 is 10.0 Å². The zero-order valence-electron chi connectivity index (χ0n) is 12.2. The zero-order valence-corrected chi connectivity index (χ0v) is 13.0. The summed E-state index contributed by atoms with van der Waals surface area (Å²) in [4.78, 5) is 10.1. The van der Waals surface area contributed by atoms with E-state index < -0.39 is 16.1 Å². The van der Waals surface area contributed by atoms with Gasteiger partial charge in [-0.3, -0.25) is 0 Å². The molecule has 1 atom stereocenters. The van der Waals surface area contributed by atoms with Gasteiger partial charge in [-0.25, -0.2) is 18.1 Å². The van der Waals surface area contributed by atoms with Crippen LogP contribution in [0.5, 0.6) is 0 Å². The summed E-state index contributed by atoms with van der Waals surface area (Å²) in [5.41, 5.74) is 0.842. The Balaban J connectivity index is 2.02. The number of H-pyrrole nitrogens is 2. The normalized spacial score (nSPS) is 13.4. The van der Waals surface area contributed by atoms with Crippen LogP contribution in [-0.4, -0.2) is 29.9 Å². The van der Waals surface area contributed by atoms with E-state index in [9.17, 15) is 8.42 Å². The van der Waals surface area contributed by atoms with E-state index in [4.69, 9.17) is 0 Å². The summed E-state index contributed by atoms with van der Waals surface area (Å²) in [7, 11) is -3.56. The van der Waals surface area contributed by atoms with Gasteiger partial charge in [0.1, 0.15) is 5.82 Å². The second-order valence-corrected chi connectivity index (χ2v) is 6.57. The number of rotatable bonds is 8. The minimum absolute atomic E-state index is 0.231. The Labute approximate surface area is 124 Å². The number of hydrogen-bond acceptors (Lipinski definition) is 4. The fourth-order valence-corrected chi connectivity index (χ4v) is 3.17. The summed E-state index contributed by atoms with van der Waals surface area (Å²) >= 11 is 0. The van der Waals surface area contributed by atoms with Gasteiger partial charge in [0.05, 0.1) is 10.9 Å². The molecule has 0 radical (unpaired) electrons. The molecule has 2 aromatic rings. The number of imidazole rings is 1. The van der Waals surface area contributed by atoms with Crippen LogP contribution in [0.2, 0.25) is 0 Å². The van der Waals surface area contributed by atoms with Crippen LogP contribution in [0.15, 0.2) is 29.6 Å². The van der Waals surface area contributed by atoms with Gasteiger partial charge in [-0.15, -0.1) is 0 Å². The van der Waals surface area contributed by atoms with Gasteiger partial charge in [-0.05, 0) is 26.0 Å². The van der Waals surface area contributed by atoms with E-state index in [2.05, 4.69) is 31.9 Å². The average molecular weight is 311 g/mol. The van der Waals surface area contributed by atoms with Crippen LogP contribution in [0.25, 0.3) is 0 Å². The van der Waals surface area contributed by atoms with Gasteiger partial charge in [-0.1, -0.05) is 6.92 Å². The van der Waals surface area contributed by atoms with Crippen molar-refractivity contribution in [1.82, 2.24) is 25.0 Å². The number of nitrogens with one attached hydrogen (secondary N) is 4. The van der Waals surface area contributed by atoms with E-state index in [-0.39, 0.29) is 4.90 Å². The first-order chi connectivity index (χ1) is 10.0. The Bertz CT molecular complexity index is 648. The third-order valence-corrected chi connectivity index (χ3v) is 4.55. The molecule has 116 valence electrons. The van der Waals surface area contributed by atoms with E-state index in [1.54, 1.807) is 25.4 Å². The highest BCUT2D eigenvalue weighted by atomic mass is 32.2. The Morgan fingerprint density at radius 2 is 2.19 bits per heavy atom. The molecule has 0 aliphatic carbocycles. The third kappa shape index (κ3) is 4.16. The lowest BCUT2D eigenvalue weighted by Crippen LogP contribution is -2.27. The van der Waals surface area contributed by atoms with Crippen LogP contribution >= 0.6 is 0 Å². The third-order valence-electron chi connectivity index (χ3n) is 3.03. The van der Waals surface area contributed by atoms with E-state index in [0.717, 1.165) is 18.7 Å². The molecule has 7 nitrogen and oxygen atoms in total. The summed E-state index contributed by atoms with van der Waals surface area (Å²) < 4.78 is 27.2. The largest absolute Gasteiger partial charge is 0.363 e. The minimum Gasteiger partial charge on any atom is -0.363 e. The molecule has 8 heteroatoms. The van der Waals surface area contributed by atoms with Crippen molar-refractivity contribution in [2.24, 2.45) is 0 Å². The fraction of sp³-hybridized carbons (Fsp3) is 0.462. The first-order valence-electron chi connectivity index (χ1n) is 6.92. The topological polar surface area (TPSA) is 103 Å². The molecule has 21 heavy (non-hydrogen) atoms. The first kappa shape index (κ1) is 15.7. The Kier molecular flexibility index (Phi) is 5.16. The lowest BCUT2D eigenvalue weighted by molar-refractivity contribution is 0.561. The summed E-state index contributed by atoms with van der Waals surface area (Å²) in [6, 6.07) is 1.22. The van der Waals surface area contributed by atoms with Crippen molar-refractivity contribution in [1.29, 1.82) is 0 Å². The maximum atomic E-state index is 12.3. The number of aromatic amines is 2. The highest BCUT2D eigenvalue weighted by Crippen LogP contribution is 2.15. The van der Waals surface area contributed by atoms with Gasteiger partial charge < -0.3 is 15.3 Å². The van der Waals surface area contributed by atoms with Crippen LogP contribution in [0, 0.1) is 0 Å². The SMILES string of the molecule is CCCNCc1cc(S(=O)(=O)NC(C)c2ncc[nH]2)c[nH]1. The van der Waals surface area contributed by atoms with Crippen molar-refractivity contribution in [2.45, 2.75) is 37.8 Å². The number of hydrogen-bond donors (Lipinski definition) is 4. The molecule has 2 heterocycles. The maximum Gasteiger partial charge on any atom is 0.242 e. The van der Waals surface area contributed by atoms with Gasteiger partial charge in [0.15, 0.2) is 0 Å².